The molecule has 1 atom stereocenters. The summed E-state index contributed by atoms with van der Waals surface area (Å²) in [6.45, 7) is -0.865. The SMILES string of the molecule is Nc1cccc2c1C(=O)N(CCF)C2CO. The average Bonchev–Trinajstić information content (AvgIpc) is 2.54. The van der Waals surface area contributed by atoms with Crippen LogP contribution >= 0.6 is 0 Å². The number of aliphatic hydroxyl groups is 1. The third-order valence-corrected chi connectivity index (χ3v) is 2.84. The highest BCUT2D eigenvalue weighted by Gasteiger charge is 2.37. The van der Waals surface area contributed by atoms with E-state index in [4.69, 9.17) is 5.73 Å². The standard InChI is InChI=1S/C11H13FN2O2/c12-4-5-14-9(6-15)7-2-1-3-8(13)10(7)11(14)16/h1-3,9,15H,4-6,13H2. The van der Waals surface area contributed by atoms with Crippen LogP contribution < -0.4 is 5.73 Å². The minimum atomic E-state index is -0.629. The molecule has 0 saturated carbocycles. The van der Waals surface area contributed by atoms with Gasteiger partial charge in [-0.15, -0.1) is 0 Å². The van der Waals surface area contributed by atoms with Crippen LogP contribution in [0.3, 0.4) is 0 Å². The minimum absolute atomic E-state index is 0.0157. The summed E-state index contributed by atoms with van der Waals surface area (Å²) in [5.74, 6) is -0.301. The van der Waals surface area contributed by atoms with Crippen LogP contribution in [0.25, 0.3) is 0 Å². The van der Waals surface area contributed by atoms with Crippen molar-refractivity contribution in [1.82, 2.24) is 4.90 Å². The number of nitrogen functional groups attached to an aromatic ring is 1. The van der Waals surface area contributed by atoms with Crippen molar-refractivity contribution in [2.75, 3.05) is 25.6 Å². The highest BCUT2D eigenvalue weighted by molar-refractivity contribution is 6.03. The number of carbonyl (C=O) groups is 1. The Hall–Kier alpha value is -1.62. The fourth-order valence-corrected chi connectivity index (χ4v) is 2.11. The lowest BCUT2D eigenvalue weighted by Gasteiger charge is -2.21. The smallest absolute Gasteiger partial charge is 0.256 e. The van der Waals surface area contributed by atoms with Crippen LogP contribution in [0.15, 0.2) is 18.2 Å². The van der Waals surface area contributed by atoms with Gasteiger partial charge in [-0.05, 0) is 11.6 Å². The van der Waals surface area contributed by atoms with Gasteiger partial charge in [0.05, 0.1) is 24.8 Å². The molecule has 16 heavy (non-hydrogen) atoms. The minimum Gasteiger partial charge on any atom is -0.398 e. The number of nitrogens with two attached hydrogens (primary N) is 1. The first kappa shape index (κ1) is 10.9. The van der Waals surface area contributed by atoms with E-state index in [2.05, 4.69) is 0 Å². The molecule has 0 aliphatic carbocycles. The molecule has 1 heterocycles. The number of fused-ring (bicyclic) bond motifs is 1. The van der Waals surface area contributed by atoms with Gasteiger partial charge < -0.3 is 15.7 Å². The molecule has 1 unspecified atom stereocenters. The number of hydrogen-bond donors (Lipinski definition) is 2. The van der Waals surface area contributed by atoms with Crippen molar-refractivity contribution in [3.05, 3.63) is 29.3 Å². The maximum Gasteiger partial charge on any atom is 0.256 e. The Kier molecular flexibility index (Phi) is 2.78. The topological polar surface area (TPSA) is 66.6 Å². The molecule has 0 aromatic heterocycles. The Bertz CT molecular complexity index is 422. The van der Waals surface area contributed by atoms with E-state index in [1.54, 1.807) is 18.2 Å². The fourth-order valence-electron chi connectivity index (χ4n) is 2.11. The zero-order valence-electron chi connectivity index (χ0n) is 8.69. The molecule has 4 nitrogen and oxygen atoms in total. The molecule has 3 N–H and O–H groups in total. The molecule has 0 saturated heterocycles. The summed E-state index contributed by atoms with van der Waals surface area (Å²) in [4.78, 5) is 13.3. The third kappa shape index (κ3) is 1.44. The van der Waals surface area contributed by atoms with E-state index in [-0.39, 0.29) is 19.1 Å². The molecule has 1 aliphatic rings. The van der Waals surface area contributed by atoms with E-state index in [9.17, 15) is 14.3 Å². The van der Waals surface area contributed by atoms with Gasteiger partial charge in [0.2, 0.25) is 0 Å². The van der Waals surface area contributed by atoms with Crippen molar-refractivity contribution < 1.29 is 14.3 Å². The Balaban J connectivity index is 2.47. The largest absolute Gasteiger partial charge is 0.398 e. The summed E-state index contributed by atoms with van der Waals surface area (Å²) in [6.07, 6.45) is 0. The molecule has 86 valence electrons. The second-order valence-corrected chi connectivity index (χ2v) is 3.70. The van der Waals surface area contributed by atoms with Crippen molar-refractivity contribution in [2.24, 2.45) is 0 Å². The van der Waals surface area contributed by atoms with Crippen molar-refractivity contribution in [1.29, 1.82) is 0 Å². The summed E-state index contributed by atoms with van der Waals surface area (Å²) in [5, 5.41) is 9.26. The first-order valence-electron chi connectivity index (χ1n) is 5.07. The number of nitrogens with zero attached hydrogens (tertiary/aromatic N) is 1. The number of amides is 1. The van der Waals surface area contributed by atoms with Gasteiger partial charge in [0.25, 0.3) is 5.91 Å². The van der Waals surface area contributed by atoms with Crippen LogP contribution in [-0.4, -0.2) is 35.7 Å². The zero-order chi connectivity index (χ0) is 11.7. The number of anilines is 1. The van der Waals surface area contributed by atoms with Crippen LogP contribution in [0.5, 0.6) is 0 Å². The molecule has 5 heteroatoms. The summed E-state index contributed by atoms with van der Waals surface area (Å²) < 4.78 is 12.3. The van der Waals surface area contributed by atoms with Gasteiger partial charge in [-0.25, -0.2) is 4.39 Å². The molecular weight excluding hydrogens is 211 g/mol. The number of hydrogen-bond acceptors (Lipinski definition) is 3. The highest BCUT2D eigenvalue weighted by atomic mass is 19.1. The van der Waals surface area contributed by atoms with E-state index in [0.29, 0.717) is 16.8 Å². The molecule has 1 amide bonds. The van der Waals surface area contributed by atoms with Gasteiger partial charge in [-0.3, -0.25) is 4.79 Å². The van der Waals surface area contributed by atoms with Crippen LogP contribution in [0.4, 0.5) is 10.1 Å². The lowest BCUT2D eigenvalue weighted by molar-refractivity contribution is 0.0640. The molecule has 1 aromatic carbocycles. The van der Waals surface area contributed by atoms with Crippen LogP contribution in [0, 0.1) is 0 Å². The highest BCUT2D eigenvalue weighted by Crippen LogP contribution is 2.35. The Morgan fingerprint density at radius 3 is 2.88 bits per heavy atom. The lowest BCUT2D eigenvalue weighted by Crippen LogP contribution is -2.31. The van der Waals surface area contributed by atoms with Gasteiger partial charge in [0, 0.05) is 5.69 Å². The quantitative estimate of drug-likeness (QED) is 0.744. The summed E-state index contributed by atoms with van der Waals surface area (Å²) in [6, 6.07) is 4.62. The summed E-state index contributed by atoms with van der Waals surface area (Å²) in [5.41, 5.74) is 7.17. The van der Waals surface area contributed by atoms with Crippen LogP contribution in [0.1, 0.15) is 22.0 Å². The second-order valence-electron chi connectivity index (χ2n) is 3.70. The first-order valence-corrected chi connectivity index (χ1v) is 5.07. The molecule has 1 aromatic rings. The number of alkyl halides is 1. The van der Waals surface area contributed by atoms with Crippen LogP contribution in [-0.2, 0) is 0 Å². The normalized spacial score (nSPS) is 19.0. The lowest BCUT2D eigenvalue weighted by atomic mass is 10.0. The van der Waals surface area contributed by atoms with Crippen molar-refractivity contribution >= 4 is 11.6 Å². The maximum atomic E-state index is 12.3. The number of halogens is 1. The van der Waals surface area contributed by atoms with Gasteiger partial charge in [0.15, 0.2) is 0 Å². The van der Waals surface area contributed by atoms with E-state index >= 15 is 0 Å². The molecule has 0 radical (unpaired) electrons. The fraction of sp³-hybridized carbons (Fsp3) is 0.364. The molecule has 1 aliphatic heterocycles. The van der Waals surface area contributed by atoms with Crippen molar-refractivity contribution in [3.8, 4) is 0 Å². The van der Waals surface area contributed by atoms with E-state index < -0.39 is 12.7 Å². The number of rotatable bonds is 3. The zero-order valence-corrected chi connectivity index (χ0v) is 8.69. The molecular formula is C11H13FN2O2. The van der Waals surface area contributed by atoms with Crippen molar-refractivity contribution in [2.45, 2.75) is 6.04 Å². The predicted molar refractivity (Wildman–Crippen MR) is 57.7 cm³/mol. The molecule has 0 spiro atoms. The third-order valence-electron chi connectivity index (χ3n) is 2.84. The first-order chi connectivity index (χ1) is 7.70. The van der Waals surface area contributed by atoms with Crippen LogP contribution in [0.2, 0.25) is 0 Å². The number of benzene rings is 1. The van der Waals surface area contributed by atoms with Gasteiger partial charge in [0.1, 0.15) is 6.67 Å². The Labute approximate surface area is 92.5 Å². The van der Waals surface area contributed by atoms with E-state index in [0.717, 1.165) is 0 Å². The Morgan fingerprint density at radius 1 is 1.50 bits per heavy atom. The molecule has 0 fully saturated rings. The number of carbonyl (C=O) groups excluding carboxylic acids is 1. The maximum absolute atomic E-state index is 12.3. The molecule has 0 bridgehead atoms. The molecule has 2 rings (SSSR count). The summed E-state index contributed by atoms with van der Waals surface area (Å²) >= 11 is 0. The average molecular weight is 224 g/mol. The second kappa shape index (κ2) is 4.09. The van der Waals surface area contributed by atoms with Gasteiger partial charge in [-0.2, -0.15) is 0 Å². The monoisotopic (exact) mass is 224 g/mol. The summed E-state index contributed by atoms with van der Waals surface area (Å²) in [7, 11) is 0. The van der Waals surface area contributed by atoms with Gasteiger partial charge in [-0.1, -0.05) is 12.1 Å². The van der Waals surface area contributed by atoms with Gasteiger partial charge >= 0.3 is 0 Å². The Morgan fingerprint density at radius 2 is 2.25 bits per heavy atom. The number of aliphatic hydroxyl groups excluding tert-OH is 1. The van der Waals surface area contributed by atoms with E-state index in [1.807, 2.05) is 0 Å². The van der Waals surface area contributed by atoms with Crippen molar-refractivity contribution in [3.63, 3.8) is 0 Å². The van der Waals surface area contributed by atoms with E-state index in [1.165, 1.54) is 4.90 Å². The predicted octanol–water partition coefficient (Wildman–Crippen LogP) is 0.728.